The second-order valence-electron chi connectivity index (χ2n) is 8.23. The third-order valence-corrected chi connectivity index (χ3v) is 5.79. The number of nitrogens with two attached hydrogens (primary N) is 1. The van der Waals surface area contributed by atoms with Crippen LogP contribution in [0.25, 0.3) is 6.08 Å². The van der Waals surface area contributed by atoms with Gasteiger partial charge in [-0.25, -0.2) is 4.98 Å². The van der Waals surface area contributed by atoms with Gasteiger partial charge in [-0.3, -0.25) is 9.69 Å². The summed E-state index contributed by atoms with van der Waals surface area (Å²) in [5.41, 5.74) is 8.30. The molecule has 2 N–H and O–H groups in total. The predicted octanol–water partition coefficient (Wildman–Crippen LogP) is 3.54. The van der Waals surface area contributed by atoms with Crippen molar-refractivity contribution in [3.63, 3.8) is 0 Å². The number of fused-ring (bicyclic) bond motifs is 1. The normalized spacial score (nSPS) is 15.6. The Morgan fingerprint density at radius 1 is 1.03 bits per heavy atom. The molecule has 0 saturated carbocycles. The molecule has 1 amide bonds. The van der Waals surface area contributed by atoms with Crippen LogP contribution in [0.5, 0.6) is 23.1 Å². The molecular formula is C26H26N4O4. The van der Waals surface area contributed by atoms with Crippen molar-refractivity contribution in [1.82, 2.24) is 14.8 Å². The first-order valence-corrected chi connectivity index (χ1v) is 11.2. The van der Waals surface area contributed by atoms with E-state index in [9.17, 15) is 4.79 Å². The van der Waals surface area contributed by atoms with Crippen LogP contribution in [0.2, 0.25) is 0 Å². The average Bonchev–Trinajstić information content (AvgIpc) is 3.33. The van der Waals surface area contributed by atoms with Crippen molar-refractivity contribution in [3.8, 4) is 23.1 Å². The zero-order valence-electron chi connectivity index (χ0n) is 18.7. The van der Waals surface area contributed by atoms with Crippen LogP contribution in [-0.2, 0) is 11.3 Å². The van der Waals surface area contributed by atoms with E-state index in [-0.39, 0.29) is 12.7 Å². The number of carbonyl (C=O) groups excluding carboxylic acids is 1. The van der Waals surface area contributed by atoms with E-state index < -0.39 is 0 Å². The minimum atomic E-state index is 0.00857. The average molecular weight is 459 g/mol. The predicted molar refractivity (Wildman–Crippen MR) is 129 cm³/mol. The summed E-state index contributed by atoms with van der Waals surface area (Å²) in [6, 6.07) is 17.0. The van der Waals surface area contributed by atoms with E-state index >= 15 is 0 Å². The Balaban J connectivity index is 1.12. The molecule has 0 aliphatic carbocycles. The fourth-order valence-electron chi connectivity index (χ4n) is 3.95. The molecule has 0 spiro atoms. The zero-order valence-corrected chi connectivity index (χ0v) is 18.7. The maximum absolute atomic E-state index is 12.7. The summed E-state index contributed by atoms with van der Waals surface area (Å²) in [7, 11) is 0. The first-order valence-electron chi connectivity index (χ1n) is 11.2. The van der Waals surface area contributed by atoms with Gasteiger partial charge in [-0.1, -0.05) is 18.2 Å². The number of rotatable bonds is 6. The number of carbonyl (C=O) groups is 1. The Bertz CT molecular complexity index is 1190. The van der Waals surface area contributed by atoms with Crippen LogP contribution in [0, 0.1) is 0 Å². The number of pyridine rings is 1. The van der Waals surface area contributed by atoms with Crippen LogP contribution < -0.4 is 19.9 Å². The molecule has 0 unspecified atom stereocenters. The highest BCUT2D eigenvalue weighted by molar-refractivity contribution is 5.91. The van der Waals surface area contributed by atoms with Crippen molar-refractivity contribution in [3.05, 3.63) is 78.0 Å². The van der Waals surface area contributed by atoms with Crippen molar-refractivity contribution in [2.75, 3.05) is 38.7 Å². The van der Waals surface area contributed by atoms with Gasteiger partial charge in [0.2, 0.25) is 18.6 Å². The Morgan fingerprint density at radius 3 is 2.71 bits per heavy atom. The van der Waals surface area contributed by atoms with Crippen LogP contribution in [0.3, 0.4) is 0 Å². The molecule has 0 bridgehead atoms. The van der Waals surface area contributed by atoms with Crippen LogP contribution in [0.4, 0.5) is 5.69 Å². The first-order chi connectivity index (χ1) is 16.6. The lowest BCUT2D eigenvalue weighted by Gasteiger charge is -2.34. The lowest BCUT2D eigenvalue weighted by Crippen LogP contribution is -2.47. The molecule has 1 aromatic heterocycles. The molecule has 3 aromatic rings. The molecule has 2 aromatic carbocycles. The van der Waals surface area contributed by atoms with Gasteiger partial charge in [0.25, 0.3) is 0 Å². The summed E-state index contributed by atoms with van der Waals surface area (Å²) in [5.74, 6) is 2.71. The maximum Gasteiger partial charge on any atom is 0.246 e. The molecule has 8 nitrogen and oxygen atoms in total. The topological polar surface area (TPSA) is 90.2 Å². The second-order valence-corrected chi connectivity index (χ2v) is 8.23. The summed E-state index contributed by atoms with van der Waals surface area (Å²) in [5, 5.41) is 0. The van der Waals surface area contributed by atoms with Crippen LogP contribution in [0.1, 0.15) is 11.1 Å². The quantitative estimate of drug-likeness (QED) is 0.565. The van der Waals surface area contributed by atoms with Crippen molar-refractivity contribution in [1.29, 1.82) is 0 Å². The molecule has 3 heterocycles. The number of anilines is 1. The number of hydrogen-bond donors (Lipinski definition) is 1. The summed E-state index contributed by atoms with van der Waals surface area (Å²) in [6.45, 7) is 4.14. The molecule has 2 aliphatic heterocycles. The summed E-state index contributed by atoms with van der Waals surface area (Å²) >= 11 is 0. The molecule has 2 aliphatic rings. The third-order valence-electron chi connectivity index (χ3n) is 5.79. The lowest BCUT2D eigenvalue weighted by molar-refractivity contribution is -0.127. The number of nitrogens with zero attached hydrogens (tertiary/aromatic N) is 3. The van der Waals surface area contributed by atoms with Gasteiger partial charge >= 0.3 is 0 Å². The molecule has 1 saturated heterocycles. The molecule has 0 atom stereocenters. The maximum atomic E-state index is 12.7. The number of aromatic nitrogens is 1. The van der Waals surface area contributed by atoms with Gasteiger partial charge in [0, 0.05) is 44.9 Å². The van der Waals surface area contributed by atoms with Gasteiger partial charge in [0.05, 0.1) is 11.9 Å². The van der Waals surface area contributed by atoms with E-state index in [1.165, 1.54) is 5.56 Å². The van der Waals surface area contributed by atoms with Gasteiger partial charge in [0.1, 0.15) is 5.75 Å². The Hall–Kier alpha value is -4.04. The van der Waals surface area contributed by atoms with E-state index in [4.69, 9.17) is 19.9 Å². The SMILES string of the molecule is Nc1ccc(Oc2cccc(C=CC(=O)N3CCN(Cc4ccc5c(c4)OCO5)CC3)c2)nc1. The van der Waals surface area contributed by atoms with Crippen molar-refractivity contribution in [2.24, 2.45) is 0 Å². The van der Waals surface area contributed by atoms with Gasteiger partial charge < -0.3 is 24.8 Å². The van der Waals surface area contributed by atoms with E-state index in [1.807, 2.05) is 47.4 Å². The number of nitrogen functional groups attached to an aromatic ring is 1. The number of benzene rings is 2. The Morgan fingerprint density at radius 2 is 1.88 bits per heavy atom. The number of hydrogen-bond acceptors (Lipinski definition) is 7. The number of amides is 1. The largest absolute Gasteiger partial charge is 0.454 e. The van der Waals surface area contributed by atoms with E-state index in [2.05, 4.69) is 16.0 Å². The molecule has 5 rings (SSSR count). The van der Waals surface area contributed by atoms with E-state index in [1.54, 1.807) is 24.4 Å². The summed E-state index contributed by atoms with van der Waals surface area (Å²) in [6.07, 6.45) is 4.98. The Kier molecular flexibility index (Phi) is 6.31. The smallest absolute Gasteiger partial charge is 0.246 e. The van der Waals surface area contributed by atoms with Crippen LogP contribution in [0.15, 0.2) is 66.9 Å². The minimum Gasteiger partial charge on any atom is -0.454 e. The standard InChI is InChI=1S/C26H26N4O4/c27-21-6-8-25(28-16-21)34-22-3-1-2-19(14-22)5-9-26(31)30-12-10-29(11-13-30)17-20-4-7-23-24(15-20)33-18-32-23/h1-9,14-16H,10-13,17-18,27H2. The fraction of sp³-hybridized carbons (Fsp3) is 0.231. The van der Waals surface area contributed by atoms with Crippen molar-refractivity contribution >= 4 is 17.7 Å². The highest BCUT2D eigenvalue weighted by atomic mass is 16.7. The molecule has 174 valence electrons. The fourth-order valence-corrected chi connectivity index (χ4v) is 3.95. The summed E-state index contributed by atoms with van der Waals surface area (Å²) < 4.78 is 16.6. The van der Waals surface area contributed by atoms with Gasteiger partial charge in [-0.15, -0.1) is 0 Å². The van der Waals surface area contributed by atoms with Crippen LogP contribution >= 0.6 is 0 Å². The molecule has 1 fully saturated rings. The van der Waals surface area contributed by atoms with E-state index in [0.717, 1.165) is 36.7 Å². The number of ether oxygens (including phenoxy) is 3. The molecular weight excluding hydrogens is 432 g/mol. The molecule has 8 heteroatoms. The number of piperazine rings is 1. The highest BCUT2D eigenvalue weighted by Gasteiger charge is 2.21. The second kappa shape index (κ2) is 9.84. The first kappa shape index (κ1) is 21.8. The molecule has 34 heavy (non-hydrogen) atoms. The summed E-state index contributed by atoms with van der Waals surface area (Å²) in [4.78, 5) is 21.1. The van der Waals surface area contributed by atoms with E-state index in [0.29, 0.717) is 30.4 Å². The monoisotopic (exact) mass is 458 g/mol. The van der Waals surface area contributed by atoms with Crippen molar-refractivity contribution in [2.45, 2.75) is 6.54 Å². The van der Waals surface area contributed by atoms with Crippen LogP contribution in [-0.4, -0.2) is 53.7 Å². The van der Waals surface area contributed by atoms with Gasteiger partial charge in [-0.05, 0) is 47.5 Å². The lowest BCUT2D eigenvalue weighted by atomic mass is 10.1. The zero-order chi connectivity index (χ0) is 23.3. The third kappa shape index (κ3) is 5.29. The van der Waals surface area contributed by atoms with Gasteiger partial charge in [0.15, 0.2) is 11.5 Å². The molecule has 0 radical (unpaired) electrons. The highest BCUT2D eigenvalue weighted by Crippen LogP contribution is 2.32. The van der Waals surface area contributed by atoms with Crippen molar-refractivity contribution < 1.29 is 19.0 Å². The minimum absolute atomic E-state index is 0.00857. The van der Waals surface area contributed by atoms with Gasteiger partial charge in [-0.2, -0.15) is 0 Å². The Labute approximate surface area is 198 Å².